The number of ether oxygens (including phenoxy) is 1. The number of aryl methyl sites for hydroxylation is 2. The molecule has 0 aliphatic carbocycles. The molecule has 1 aromatic carbocycles. The van der Waals surface area contributed by atoms with E-state index in [1.54, 1.807) is 6.20 Å². The highest BCUT2D eigenvalue weighted by atomic mass is 16.5. The van der Waals surface area contributed by atoms with Crippen molar-refractivity contribution in [3.05, 3.63) is 53.2 Å². The number of hydrogen-bond acceptors (Lipinski definition) is 3. The van der Waals surface area contributed by atoms with Crippen LogP contribution >= 0.6 is 0 Å². The minimum absolute atomic E-state index is 0.497. The molecule has 2 aromatic rings. The van der Waals surface area contributed by atoms with Crippen molar-refractivity contribution < 1.29 is 4.74 Å². The highest BCUT2D eigenvalue weighted by molar-refractivity contribution is 5.35. The number of pyridine rings is 1. The van der Waals surface area contributed by atoms with Gasteiger partial charge in [0.05, 0.1) is 0 Å². The van der Waals surface area contributed by atoms with Crippen molar-refractivity contribution in [2.24, 2.45) is 5.73 Å². The molecule has 88 valence electrons. The van der Waals surface area contributed by atoms with Gasteiger partial charge in [-0.1, -0.05) is 12.1 Å². The number of nitrogens with two attached hydrogens (primary N) is 1. The van der Waals surface area contributed by atoms with Gasteiger partial charge in [-0.05, 0) is 42.7 Å². The summed E-state index contributed by atoms with van der Waals surface area (Å²) in [5.74, 6) is 1.41. The molecular formula is C14H16N2O. The van der Waals surface area contributed by atoms with E-state index in [1.165, 1.54) is 11.1 Å². The zero-order valence-corrected chi connectivity index (χ0v) is 10.1. The average molecular weight is 228 g/mol. The third-order valence-electron chi connectivity index (χ3n) is 2.45. The van der Waals surface area contributed by atoms with Crippen molar-refractivity contribution in [1.29, 1.82) is 0 Å². The molecule has 3 heteroatoms. The van der Waals surface area contributed by atoms with Crippen LogP contribution in [0.5, 0.6) is 11.6 Å². The van der Waals surface area contributed by atoms with Gasteiger partial charge in [-0.2, -0.15) is 0 Å². The Balaban J connectivity index is 2.19. The normalized spacial score (nSPS) is 10.3. The minimum atomic E-state index is 0.497. The van der Waals surface area contributed by atoms with Gasteiger partial charge in [0.15, 0.2) is 0 Å². The van der Waals surface area contributed by atoms with Gasteiger partial charge in [0.1, 0.15) is 5.75 Å². The lowest BCUT2D eigenvalue weighted by molar-refractivity contribution is 0.462. The summed E-state index contributed by atoms with van der Waals surface area (Å²) in [5, 5.41) is 0. The van der Waals surface area contributed by atoms with Crippen LogP contribution < -0.4 is 10.5 Å². The Kier molecular flexibility index (Phi) is 3.40. The summed E-state index contributed by atoms with van der Waals surface area (Å²) in [6, 6.07) is 9.85. The zero-order valence-electron chi connectivity index (χ0n) is 10.1. The average Bonchev–Trinajstić information content (AvgIpc) is 2.28. The molecule has 0 aliphatic heterocycles. The Morgan fingerprint density at radius 1 is 1.12 bits per heavy atom. The summed E-state index contributed by atoms with van der Waals surface area (Å²) in [6.45, 7) is 4.59. The fourth-order valence-electron chi connectivity index (χ4n) is 1.70. The molecule has 1 heterocycles. The molecule has 2 N–H and O–H groups in total. The molecule has 0 bridgehead atoms. The molecule has 3 nitrogen and oxygen atoms in total. The fourth-order valence-corrected chi connectivity index (χ4v) is 1.70. The second-order valence-corrected chi connectivity index (χ2v) is 4.13. The highest BCUT2D eigenvalue weighted by Crippen LogP contribution is 2.22. The molecule has 0 saturated carbocycles. The van der Waals surface area contributed by atoms with Crippen LogP contribution in [0.25, 0.3) is 0 Å². The summed E-state index contributed by atoms with van der Waals surface area (Å²) in [5.41, 5.74) is 8.87. The quantitative estimate of drug-likeness (QED) is 0.878. The van der Waals surface area contributed by atoms with E-state index >= 15 is 0 Å². The fraction of sp³-hybridized carbons (Fsp3) is 0.214. The van der Waals surface area contributed by atoms with Gasteiger partial charge >= 0.3 is 0 Å². The smallest absolute Gasteiger partial charge is 0.219 e. The van der Waals surface area contributed by atoms with E-state index in [0.29, 0.717) is 12.4 Å². The lowest BCUT2D eigenvalue weighted by atomic mass is 10.1. The minimum Gasteiger partial charge on any atom is -0.439 e. The molecule has 0 amide bonds. The van der Waals surface area contributed by atoms with E-state index in [1.807, 2.05) is 38.1 Å². The summed E-state index contributed by atoms with van der Waals surface area (Å²) in [7, 11) is 0. The van der Waals surface area contributed by atoms with Crippen molar-refractivity contribution in [3.63, 3.8) is 0 Å². The summed E-state index contributed by atoms with van der Waals surface area (Å²) >= 11 is 0. The van der Waals surface area contributed by atoms with Gasteiger partial charge < -0.3 is 10.5 Å². The van der Waals surface area contributed by atoms with Gasteiger partial charge in [-0.15, -0.1) is 0 Å². The largest absolute Gasteiger partial charge is 0.439 e. The molecule has 0 saturated heterocycles. The lowest BCUT2D eigenvalue weighted by Crippen LogP contribution is -1.97. The summed E-state index contributed by atoms with van der Waals surface area (Å²) in [6.07, 6.45) is 1.73. The molecule has 0 radical (unpaired) electrons. The molecule has 0 spiro atoms. The predicted molar refractivity (Wildman–Crippen MR) is 68.1 cm³/mol. The third kappa shape index (κ3) is 3.04. The van der Waals surface area contributed by atoms with E-state index in [2.05, 4.69) is 11.1 Å². The molecule has 0 aliphatic rings. The van der Waals surface area contributed by atoms with Crippen LogP contribution in [0, 0.1) is 13.8 Å². The van der Waals surface area contributed by atoms with Gasteiger partial charge in [-0.3, -0.25) is 0 Å². The summed E-state index contributed by atoms with van der Waals surface area (Å²) in [4.78, 5) is 4.20. The highest BCUT2D eigenvalue weighted by Gasteiger charge is 2.00. The first-order valence-corrected chi connectivity index (χ1v) is 5.58. The van der Waals surface area contributed by atoms with E-state index in [0.717, 1.165) is 11.3 Å². The van der Waals surface area contributed by atoms with Crippen molar-refractivity contribution in [2.75, 3.05) is 0 Å². The van der Waals surface area contributed by atoms with Gasteiger partial charge in [0.2, 0.25) is 5.88 Å². The van der Waals surface area contributed by atoms with Crippen LogP contribution in [-0.4, -0.2) is 4.98 Å². The van der Waals surface area contributed by atoms with Gasteiger partial charge in [-0.25, -0.2) is 4.98 Å². The number of aromatic nitrogens is 1. The number of hydrogen-bond donors (Lipinski definition) is 1. The number of benzene rings is 1. The third-order valence-corrected chi connectivity index (χ3v) is 2.45. The van der Waals surface area contributed by atoms with Crippen molar-refractivity contribution in [1.82, 2.24) is 4.98 Å². The van der Waals surface area contributed by atoms with E-state index in [4.69, 9.17) is 10.5 Å². The van der Waals surface area contributed by atoms with Crippen LogP contribution in [0.1, 0.15) is 16.7 Å². The van der Waals surface area contributed by atoms with Gasteiger partial charge in [0.25, 0.3) is 0 Å². The van der Waals surface area contributed by atoms with Crippen LogP contribution in [0.15, 0.2) is 36.5 Å². The number of rotatable bonds is 3. The molecule has 0 atom stereocenters. The van der Waals surface area contributed by atoms with Crippen LogP contribution in [-0.2, 0) is 6.54 Å². The first kappa shape index (κ1) is 11.6. The topological polar surface area (TPSA) is 48.1 Å². The van der Waals surface area contributed by atoms with Crippen molar-refractivity contribution >= 4 is 0 Å². The maximum Gasteiger partial charge on any atom is 0.219 e. The maximum atomic E-state index is 5.69. The molecule has 0 fully saturated rings. The number of nitrogens with zero attached hydrogens (tertiary/aromatic N) is 1. The Morgan fingerprint density at radius 3 is 2.35 bits per heavy atom. The molecular weight excluding hydrogens is 212 g/mol. The molecule has 1 aromatic heterocycles. The predicted octanol–water partition coefficient (Wildman–Crippen LogP) is 2.95. The Bertz CT molecular complexity index is 486. The lowest BCUT2D eigenvalue weighted by Gasteiger charge is -2.07. The van der Waals surface area contributed by atoms with Crippen LogP contribution in [0.4, 0.5) is 0 Å². The van der Waals surface area contributed by atoms with Crippen molar-refractivity contribution in [3.8, 4) is 11.6 Å². The Morgan fingerprint density at radius 2 is 1.82 bits per heavy atom. The molecule has 2 rings (SSSR count). The first-order valence-electron chi connectivity index (χ1n) is 5.58. The molecule has 17 heavy (non-hydrogen) atoms. The van der Waals surface area contributed by atoms with E-state index in [-0.39, 0.29) is 0 Å². The standard InChI is InChI=1S/C14H16N2O/c1-10-5-11(2)7-13(6-10)17-14-4-3-12(8-15)9-16-14/h3-7,9H,8,15H2,1-2H3. The first-order chi connectivity index (χ1) is 8.17. The Labute approximate surface area is 101 Å². The molecule has 0 unspecified atom stereocenters. The monoisotopic (exact) mass is 228 g/mol. The van der Waals surface area contributed by atoms with E-state index < -0.39 is 0 Å². The van der Waals surface area contributed by atoms with Crippen LogP contribution in [0.2, 0.25) is 0 Å². The van der Waals surface area contributed by atoms with E-state index in [9.17, 15) is 0 Å². The second kappa shape index (κ2) is 4.97. The maximum absolute atomic E-state index is 5.69. The van der Waals surface area contributed by atoms with Gasteiger partial charge in [0, 0.05) is 18.8 Å². The second-order valence-electron chi connectivity index (χ2n) is 4.13. The zero-order chi connectivity index (χ0) is 12.3. The summed E-state index contributed by atoms with van der Waals surface area (Å²) < 4.78 is 5.69. The van der Waals surface area contributed by atoms with Crippen molar-refractivity contribution in [2.45, 2.75) is 20.4 Å². The SMILES string of the molecule is Cc1cc(C)cc(Oc2ccc(CN)cn2)c1. The van der Waals surface area contributed by atoms with Crippen LogP contribution in [0.3, 0.4) is 0 Å². The Hall–Kier alpha value is -1.87.